The Morgan fingerprint density at radius 1 is 1.12 bits per heavy atom. The number of halogens is 1. The van der Waals surface area contributed by atoms with E-state index in [9.17, 15) is 4.79 Å². The Hall–Kier alpha value is -1.70. The first-order valence-electron chi connectivity index (χ1n) is 7.95. The number of carbonyl (C=O) groups excluding carboxylic acids is 1. The van der Waals surface area contributed by atoms with Gasteiger partial charge in [-0.1, -0.05) is 18.2 Å². The van der Waals surface area contributed by atoms with Crippen molar-refractivity contribution in [2.75, 3.05) is 18.4 Å². The fourth-order valence-electron chi connectivity index (χ4n) is 2.26. The number of nitrogens with zero attached hydrogens (tertiary/aromatic N) is 1. The van der Waals surface area contributed by atoms with E-state index in [2.05, 4.69) is 31.5 Å². The first-order chi connectivity index (χ1) is 12.2. The van der Waals surface area contributed by atoms with Gasteiger partial charge in [0.05, 0.1) is 17.0 Å². The first-order valence-corrected chi connectivity index (χ1v) is 10.5. The number of aromatic nitrogens is 1. The maximum atomic E-state index is 12.0. The molecule has 2 heterocycles. The largest absolute Gasteiger partial charge is 0.385 e. The average molecular weight is 436 g/mol. The molecule has 0 bridgehead atoms. The molecule has 1 amide bonds. The summed E-state index contributed by atoms with van der Waals surface area (Å²) in [7, 11) is 0. The van der Waals surface area contributed by atoms with Crippen LogP contribution in [0.4, 0.5) is 5.69 Å². The van der Waals surface area contributed by atoms with Crippen molar-refractivity contribution in [1.82, 2.24) is 10.3 Å². The molecule has 0 aliphatic heterocycles. The van der Waals surface area contributed by atoms with Crippen LogP contribution in [-0.4, -0.2) is 24.0 Å². The van der Waals surface area contributed by atoms with E-state index in [0.717, 1.165) is 38.7 Å². The molecule has 7 heteroatoms. The van der Waals surface area contributed by atoms with Crippen molar-refractivity contribution in [3.63, 3.8) is 0 Å². The zero-order valence-electron chi connectivity index (χ0n) is 13.5. The predicted molar refractivity (Wildman–Crippen MR) is 109 cm³/mol. The highest BCUT2D eigenvalue weighted by Gasteiger charge is 2.10. The number of para-hydroxylation sites is 1. The molecule has 4 nitrogen and oxygen atoms in total. The van der Waals surface area contributed by atoms with E-state index in [0.29, 0.717) is 13.0 Å². The minimum Gasteiger partial charge on any atom is -0.385 e. The van der Waals surface area contributed by atoms with Crippen molar-refractivity contribution in [2.45, 2.75) is 12.8 Å². The Balaban J connectivity index is 1.37. The summed E-state index contributed by atoms with van der Waals surface area (Å²) in [6.07, 6.45) is 1.21. The van der Waals surface area contributed by atoms with E-state index in [1.54, 1.807) is 22.7 Å². The lowest BCUT2D eigenvalue weighted by Gasteiger charge is -2.07. The van der Waals surface area contributed by atoms with Crippen LogP contribution < -0.4 is 10.6 Å². The third kappa shape index (κ3) is 5.66. The fourth-order valence-corrected chi connectivity index (χ4v) is 4.59. The van der Waals surface area contributed by atoms with Gasteiger partial charge in [-0.25, -0.2) is 4.98 Å². The van der Waals surface area contributed by atoms with E-state index in [1.807, 2.05) is 47.2 Å². The Kier molecular flexibility index (Phi) is 6.61. The van der Waals surface area contributed by atoms with Crippen LogP contribution >= 0.6 is 38.6 Å². The molecular formula is C18H18BrN3OS2. The van der Waals surface area contributed by atoms with Crippen LogP contribution in [0, 0.1) is 0 Å². The van der Waals surface area contributed by atoms with Crippen LogP contribution in [0.3, 0.4) is 0 Å². The summed E-state index contributed by atoms with van der Waals surface area (Å²) in [5.41, 5.74) is 1.92. The number of thiophene rings is 1. The summed E-state index contributed by atoms with van der Waals surface area (Å²) >= 11 is 6.67. The number of hydrogen-bond donors (Lipinski definition) is 2. The summed E-state index contributed by atoms with van der Waals surface area (Å²) < 4.78 is 1.06. The molecule has 0 atom stereocenters. The van der Waals surface area contributed by atoms with Crippen LogP contribution in [0.2, 0.25) is 0 Å². The lowest BCUT2D eigenvalue weighted by Crippen LogP contribution is -2.27. The van der Waals surface area contributed by atoms with Crippen LogP contribution in [0.5, 0.6) is 0 Å². The minimum absolute atomic E-state index is 0.0175. The molecule has 25 heavy (non-hydrogen) atoms. The second kappa shape index (κ2) is 9.12. The van der Waals surface area contributed by atoms with Gasteiger partial charge in [-0.05, 0) is 40.5 Å². The Morgan fingerprint density at radius 3 is 2.72 bits per heavy atom. The van der Waals surface area contributed by atoms with Crippen molar-refractivity contribution in [2.24, 2.45) is 0 Å². The molecule has 3 aromatic rings. The second-order valence-electron chi connectivity index (χ2n) is 5.45. The van der Waals surface area contributed by atoms with Gasteiger partial charge in [0.15, 0.2) is 0 Å². The zero-order chi connectivity index (χ0) is 17.5. The summed E-state index contributed by atoms with van der Waals surface area (Å²) in [6, 6.07) is 12.1. The van der Waals surface area contributed by atoms with Gasteiger partial charge >= 0.3 is 0 Å². The number of benzene rings is 1. The number of thiazole rings is 1. The lowest BCUT2D eigenvalue weighted by molar-refractivity contribution is -0.120. The molecule has 0 radical (unpaired) electrons. The molecule has 2 aromatic heterocycles. The van der Waals surface area contributed by atoms with E-state index >= 15 is 0 Å². The number of amides is 1. The highest BCUT2D eigenvalue weighted by molar-refractivity contribution is 9.10. The average Bonchev–Trinajstić information content (AvgIpc) is 3.24. The molecule has 3 rings (SSSR count). The fraction of sp³-hybridized carbons (Fsp3) is 0.222. The summed E-state index contributed by atoms with van der Waals surface area (Å²) in [4.78, 5) is 17.7. The SMILES string of the molecule is O=C(Cc1csc(-c2cc(Br)cs2)n1)NCCCNc1ccccc1. The molecule has 0 saturated carbocycles. The maximum Gasteiger partial charge on any atom is 0.226 e. The van der Waals surface area contributed by atoms with Gasteiger partial charge in [0.2, 0.25) is 5.91 Å². The summed E-state index contributed by atoms with van der Waals surface area (Å²) in [6.45, 7) is 1.49. The summed E-state index contributed by atoms with van der Waals surface area (Å²) in [5, 5.41) is 11.2. The highest BCUT2D eigenvalue weighted by Crippen LogP contribution is 2.32. The van der Waals surface area contributed by atoms with Crippen molar-refractivity contribution in [3.05, 3.63) is 57.3 Å². The number of anilines is 1. The first kappa shape index (κ1) is 18.1. The van der Waals surface area contributed by atoms with E-state index in [-0.39, 0.29) is 5.91 Å². The van der Waals surface area contributed by atoms with Gasteiger partial charge in [0, 0.05) is 34.0 Å². The normalized spacial score (nSPS) is 10.6. The maximum absolute atomic E-state index is 12.0. The quantitative estimate of drug-likeness (QED) is 0.499. The van der Waals surface area contributed by atoms with Crippen molar-refractivity contribution in [1.29, 1.82) is 0 Å². The van der Waals surface area contributed by atoms with E-state index < -0.39 is 0 Å². The van der Waals surface area contributed by atoms with Gasteiger partial charge < -0.3 is 10.6 Å². The van der Waals surface area contributed by atoms with Gasteiger partial charge in [-0.2, -0.15) is 0 Å². The van der Waals surface area contributed by atoms with E-state index in [1.165, 1.54) is 0 Å². The monoisotopic (exact) mass is 435 g/mol. The topological polar surface area (TPSA) is 54.0 Å². The molecule has 0 aliphatic carbocycles. The number of carbonyl (C=O) groups is 1. The third-order valence-electron chi connectivity index (χ3n) is 3.45. The number of rotatable bonds is 8. The number of nitrogens with one attached hydrogen (secondary N) is 2. The van der Waals surface area contributed by atoms with Gasteiger partial charge in [-0.3, -0.25) is 4.79 Å². The number of hydrogen-bond acceptors (Lipinski definition) is 5. The van der Waals surface area contributed by atoms with Gasteiger partial charge in [0.1, 0.15) is 5.01 Å². The second-order valence-corrected chi connectivity index (χ2v) is 8.13. The third-order valence-corrected chi connectivity index (χ3v) is 6.20. The van der Waals surface area contributed by atoms with Crippen LogP contribution in [0.15, 0.2) is 51.6 Å². The van der Waals surface area contributed by atoms with Gasteiger partial charge in [-0.15, -0.1) is 22.7 Å². The Labute approximate surface area is 163 Å². The Bertz CT molecular complexity index is 817. The van der Waals surface area contributed by atoms with Crippen LogP contribution in [0.25, 0.3) is 9.88 Å². The lowest BCUT2D eigenvalue weighted by atomic mass is 10.3. The molecule has 2 N–H and O–H groups in total. The highest BCUT2D eigenvalue weighted by atomic mass is 79.9. The predicted octanol–water partition coefficient (Wildman–Crippen LogP) is 4.80. The molecule has 1 aromatic carbocycles. The zero-order valence-corrected chi connectivity index (χ0v) is 16.7. The van der Waals surface area contributed by atoms with Crippen molar-refractivity contribution < 1.29 is 4.79 Å². The molecule has 0 fully saturated rings. The molecule has 130 valence electrons. The van der Waals surface area contributed by atoms with Crippen molar-refractivity contribution in [3.8, 4) is 9.88 Å². The van der Waals surface area contributed by atoms with Gasteiger partial charge in [0.25, 0.3) is 0 Å². The van der Waals surface area contributed by atoms with Crippen LogP contribution in [-0.2, 0) is 11.2 Å². The van der Waals surface area contributed by atoms with Crippen LogP contribution in [0.1, 0.15) is 12.1 Å². The smallest absolute Gasteiger partial charge is 0.226 e. The summed E-state index contributed by atoms with van der Waals surface area (Å²) in [5.74, 6) is 0.0175. The standard InChI is InChI=1S/C18H18BrN3OS2/c19-13-9-16(24-11-13)18-22-15(12-25-18)10-17(23)21-8-4-7-20-14-5-2-1-3-6-14/h1-3,5-6,9,11-12,20H,4,7-8,10H2,(H,21,23). The molecule has 0 aliphatic rings. The minimum atomic E-state index is 0.0175. The molecule has 0 saturated heterocycles. The Morgan fingerprint density at radius 2 is 1.96 bits per heavy atom. The van der Waals surface area contributed by atoms with Crippen molar-refractivity contribution >= 4 is 50.2 Å². The van der Waals surface area contributed by atoms with E-state index in [4.69, 9.17) is 0 Å². The molecule has 0 spiro atoms. The molecular weight excluding hydrogens is 418 g/mol. The molecule has 0 unspecified atom stereocenters.